The van der Waals surface area contributed by atoms with Crippen molar-refractivity contribution in [2.75, 3.05) is 0 Å². The third-order valence-corrected chi connectivity index (χ3v) is 5.08. The molecule has 1 heterocycles. The smallest absolute Gasteiger partial charge is 0.114 e. The van der Waals surface area contributed by atoms with Crippen molar-refractivity contribution in [1.29, 1.82) is 0 Å². The van der Waals surface area contributed by atoms with Gasteiger partial charge in [-0.05, 0) is 57.6 Å². The van der Waals surface area contributed by atoms with Crippen LogP contribution in [0.2, 0.25) is 0 Å². The van der Waals surface area contributed by atoms with E-state index in [4.69, 9.17) is 4.74 Å². The first-order chi connectivity index (χ1) is 10.3. The zero-order chi connectivity index (χ0) is 14.1. The number of benzene rings is 3. The Morgan fingerprint density at radius 1 is 0.857 bits per heavy atom. The first-order valence-electron chi connectivity index (χ1n) is 7.54. The van der Waals surface area contributed by atoms with Crippen molar-refractivity contribution >= 4 is 27.6 Å². The monoisotopic (exact) mass is 272 g/mol. The molecule has 1 saturated heterocycles. The minimum atomic E-state index is 0.292. The molecule has 2 atom stereocenters. The van der Waals surface area contributed by atoms with Crippen molar-refractivity contribution in [3.05, 3.63) is 64.7 Å². The lowest BCUT2D eigenvalue weighted by atomic mass is 9.86. The average molecular weight is 272 g/mol. The average Bonchev–Trinajstić information content (AvgIpc) is 3.31. The van der Waals surface area contributed by atoms with E-state index < -0.39 is 0 Å². The van der Waals surface area contributed by atoms with E-state index in [9.17, 15) is 0 Å². The molecule has 5 rings (SSSR count). The third-order valence-electron chi connectivity index (χ3n) is 5.08. The lowest BCUT2D eigenvalue weighted by Crippen LogP contribution is -1.99. The molecule has 3 aromatic rings. The highest BCUT2D eigenvalue weighted by Crippen LogP contribution is 2.48. The third kappa shape index (κ3) is 1.39. The van der Waals surface area contributed by atoms with Crippen molar-refractivity contribution in [2.45, 2.75) is 26.1 Å². The molecule has 0 bridgehead atoms. The Kier molecular flexibility index (Phi) is 2.06. The van der Waals surface area contributed by atoms with Crippen LogP contribution in [-0.4, -0.2) is 6.10 Å². The van der Waals surface area contributed by atoms with Crippen LogP contribution < -0.4 is 0 Å². The molecular formula is C20H16O. The van der Waals surface area contributed by atoms with Gasteiger partial charge in [-0.25, -0.2) is 0 Å². The summed E-state index contributed by atoms with van der Waals surface area (Å²) in [6, 6.07) is 13.3. The quantitative estimate of drug-likeness (QED) is 0.411. The molecule has 0 saturated carbocycles. The number of aryl methyl sites for hydroxylation is 2. The molecule has 1 fully saturated rings. The van der Waals surface area contributed by atoms with Gasteiger partial charge in [-0.3, -0.25) is 0 Å². The topological polar surface area (TPSA) is 12.5 Å². The van der Waals surface area contributed by atoms with Gasteiger partial charge in [-0.15, -0.1) is 0 Å². The Morgan fingerprint density at radius 2 is 1.62 bits per heavy atom. The molecule has 0 amide bonds. The number of fused-ring (bicyclic) bond motifs is 6. The fourth-order valence-corrected chi connectivity index (χ4v) is 3.91. The van der Waals surface area contributed by atoms with Crippen LogP contribution in [-0.2, 0) is 4.74 Å². The standard InChI is InChI=1S/C20H16O/c1-11-13-5-3-4-6-14(13)12(2)19-15(11)7-8-17-16(19)9-10-18-20(17)21-18/h3-10,18,20H,1-2H3. The molecule has 0 spiro atoms. The van der Waals surface area contributed by atoms with Gasteiger partial charge in [0.1, 0.15) is 12.2 Å². The maximum atomic E-state index is 5.72. The van der Waals surface area contributed by atoms with Gasteiger partial charge in [0, 0.05) is 0 Å². The van der Waals surface area contributed by atoms with Crippen LogP contribution in [0.4, 0.5) is 0 Å². The molecule has 3 aromatic carbocycles. The molecule has 21 heavy (non-hydrogen) atoms. The summed E-state index contributed by atoms with van der Waals surface area (Å²) >= 11 is 0. The normalized spacial score (nSPS) is 22.4. The van der Waals surface area contributed by atoms with Crippen LogP contribution >= 0.6 is 0 Å². The van der Waals surface area contributed by atoms with Crippen molar-refractivity contribution in [2.24, 2.45) is 0 Å². The second kappa shape index (κ2) is 3.75. The minimum Gasteiger partial charge on any atom is -0.360 e. The van der Waals surface area contributed by atoms with Crippen LogP contribution in [0.3, 0.4) is 0 Å². The summed E-state index contributed by atoms with van der Waals surface area (Å²) in [7, 11) is 0. The van der Waals surface area contributed by atoms with Crippen molar-refractivity contribution in [3.8, 4) is 0 Å². The van der Waals surface area contributed by atoms with Crippen molar-refractivity contribution in [3.63, 3.8) is 0 Å². The molecule has 1 aliphatic heterocycles. The number of hydrogen-bond acceptors (Lipinski definition) is 1. The molecule has 2 aliphatic rings. The van der Waals surface area contributed by atoms with E-state index in [2.05, 4.69) is 62.4 Å². The summed E-state index contributed by atoms with van der Waals surface area (Å²) in [6.45, 7) is 4.48. The summed E-state index contributed by atoms with van der Waals surface area (Å²) < 4.78 is 5.72. The highest BCUT2D eigenvalue weighted by molar-refractivity contribution is 6.09. The van der Waals surface area contributed by atoms with Gasteiger partial charge in [-0.1, -0.05) is 48.6 Å². The van der Waals surface area contributed by atoms with Gasteiger partial charge in [-0.2, -0.15) is 0 Å². The second-order valence-corrected chi connectivity index (χ2v) is 6.17. The fraction of sp³-hybridized carbons (Fsp3) is 0.200. The van der Waals surface area contributed by atoms with Crippen LogP contribution in [0.1, 0.15) is 28.4 Å². The highest BCUT2D eigenvalue weighted by Gasteiger charge is 2.41. The number of epoxide rings is 1. The van der Waals surface area contributed by atoms with Gasteiger partial charge in [0.2, 0.25) is 0 Å². The van der Waals surface area contributed by atoms with E-state index in [0.717, 1.165) is 0 Å². The lowest BCUT2D eigenvalue weighted by Gasteiger charge is -2.17. The molecule has 2 unspecified atom stereocenters. The first kappa shape index (κ1) is 11.5. The van der Waals surface area contributed by atoms with Crippen LogP contribution in [0.5, 0.6) is 0 Å². The van der Waals surface area contributed by atoms with Crippen molar-refractivity contribution < 1.29 is 4.74 Å². The Morgan fingerprint density at radius 3 is 2.43 bits per heavy atom. The van der Waals surface area contributed by atoms with Gasteiger partial charge in [0.05, 0.1) is 0 Å². The second-order valence-electron chi connectivity index (χ2n) is 6.17. The van der Waals surface area contributed by atoms with E-state index in [1.807, 2.05) is 0 Å². The van der Waals surface area contributed by atoms with E-state index in [-0.39, 0.29) is 0 Å². The lowest BCUT2D eigenvalue weighted by molar-refractivity contribution is 0.395. The summed E-state index contributed by atoms with van der Waals surface area (Å²) in [4.78, 5) is 0. The molecular weight excluding hydrogens is 256 g/mol. The Labute approximate surface area is 123 Å². The van der Waals surface area contributed by atoms with E-state index in [1.54, 1.807) is 0 Å². The van der Waals surface area contributed by atoms with Crippen molar-refractivity contribution in [1.82, 2.24) is 0 Å². The molecule has 1 nitrogen and oxygen atoms in total. The molecule has 1 heteroatoms. The number of ether oxygens (including phenoxy) is 1. The Balaban J connectivity index is 2.02. The Bertz CT molecular complexity index is 949. The minimum absolute atomic E-state index is 0.292. The number of rotatable bonds is 0. The molecule has 0 aromatic heterocycles. The van der Waals surface area contributed by atoms with Gasteiger partial charge in [0.15, 0.2) is 0 Å². The summed E-state index contributed by atoms with van der Waals surface area (Å²) in [5.41, 5.74) is 5.47. The maximum Gasteiger partial charge on any atom is 0.114 e. The van der Waals surface area contributed by atoms with E-state index >= 15 is 0 Å². The zero-order valence-corrected chi connectivity index (χ0v) is 12.2. The predicted molar refractivity (Wildman–Crippen MR) is 87.6 cm³/mol. The van der Waals surface area contributed by atoms with Gasteiger partial charge in [0.25, 0.3) is 0 Å². The van der Waals surface area contributed by atoms with E-state index in [1.165, 1.54) is 43.8 Å². The van der Waals surface area contributed by atoms with Gasteiger partial charge < -0.3 is 4.74 Å². The summed E-state index contributed by atoms with van der Waals surface area (Å²) in [6.07, 6.45) is 5.07. The van der Waals surface area contributed by atoms with Crippen LogP contribution in [0.25, 0.3) is 27.6 Å². The molecule has 102 valence electrons. The largest absolute Gasteiger partial charge is 0.360 e. The molecule has 0 radical (unpaired) electrons. The maximum absolute atomic E-state index is 5.72. The summed E-state index contributed by atoms with van der Waals surface area (Å²) in [5, 5.41) is 5.49. The summed E-state index contributed by atoms with van der Waals surface area (Å²) in [5.74, 6) is 0. The number of hydrogen-bond donors (Lipinski definition) is 0. The van der Waals surface area contributed by atoms with Crippen LogP contribution in [0.15, 0.2) is 42.5 Å². The fourth-order valence-electron chi connectivity index (χ4n) is 3.91. The Hall–Kier alpha value is -2.12. The zero-order valence-electron chi connectivity index (χ0n) is 12.2. The highest BCUT2D eigenvalue weighted by atomic mass is 16.6. The van der Waals surface area contributed by atoms with Gasteiger partial charge >= 0.3 is 0 Å². The SMILES string of the molecule is Cc1c2ccccc2c(C)c2c3c(ccc12)C1OC1C=C3. The van der Waals surface area contributed by atoms with E-state index in [0.29, 0.717) is 12.2 Å². The predicted octanol–water partition coefficient (Wildman–Crippen LogP) is 5.08. The first-order valence-corrected chi connectivity index (χ1v) is 7.54. The molecule has 1 aliphatic carbocycles. The van der Waals surface area contributed by atoms with Crippen LogP contribution in [0, 0.1) is 13.8 Å². The molecule has 0 N–H and O–H groups in total.